The second-order valence-electron chi connectivity index (χ2n) is 2.71. The Morgan fingerprint density at radius 1 is 1.55 bits per heavy atom. The van der Waals surface area contributed by atoms with E-state index >= 15 is 0 Å². The maximum Gasteiger partial charge on any atom is 0.0712 e. The molecule has 0 bridgehead atoms. The molecule has 1 unspecified atom stereocenters. The van der Waals surface area contributed by atoms with Crippen molar-refractivity contribution in [1.82, 2.24) is 0 Å². The molecular weight excluding hydrogens is 158 g/mol. The second-order valence-corrected chi connectivity index (χ2v) is 4.03. The van der Waals surface area contributed by atoms with E-state index in [4.69, 9.17) is 10.8 Å². The Hall–Kier alpha value is -0.380. The van der Waals surface area contributed by atoms with Crippen molar-refractivity contribution in [2.45, 2.75) is 26.0 Å². The van der Waals surface area contributed by atoms with Crippen LogP contribution in [0.1, 0.15) is 22.7 Å². The molecule has 62 valence electrons. The van der Waals surface area contributed by atoms with Crippen LogP contribution in [0.25, 0.3) is 0 Å². The van der Waals surface area contributed by atoms with E-state index in [0.717, 1.165) is 4.88 Å². The molecule has 1 aromatic rings. The van der Waals surface area contributed by atoms with Crippen molar-refractivity contribution in [3.05, 3.63) is 21.9 Å². The van der Waals surface area contributed by atoms with Crippen molar-refractivity contribution in [2.24, 2.45) is 5.73 Å². The Balaban J connectivity index is 2.76. The molecule has 0 aliphatic carbocycles. The number of nitrogens with two attached hydrogens (primary N) is 1. The van der Waals surface area contributed by atoms with E-state index in [0.29, 0.717) is 0 Å². The van der Waals surface area contributed by atoms with E-state index in [1.54, 1.807) is 18.3 Å². The third kappa shape index (κ3) is 2.02. The smallest absolute Gasteiger partial charge is 0.0712 e. The third-order valence-electron chi connectivity index (χ3n) is 1.61. The van der Waals surface area contributed by atoms with Crippen molar-refractivity contribution < 1.29 is 5.11 Å². The first-order valence-corrected chi connectivity index (χ1v) is 4.43. The molecule has 2 atom stereocenters. The van der Waals surface area contributed by atoms with Crippen LogP contribution in [0.2, 0.25) is 0 Å². The van der Waals surface area contributed by atoms with Crippen molar-refractivity contribution in [3.63, 3.8) is 0 Å². The zero-order valence-electron chi connectivity index (χ0n) is 6.74. The Morgan fingerprint density at radius 2 is 2.18 bits per heavy atom. The molecular formula is C8H13NOS. The van der Waals surface area contributed by atoms with Gasteiger partial charge in [-0.2, -0.15) is 0 Å². The predicted octanol–water partition coefficient (Wildman–Crippen LogP) is 1.44. The van der Waals surface area contributed by atoms with Gasteiger partial charge in [-0.05, 0) is 26.0 Å². The van der Waals surface area contributed by atoms with Crippen molar-refractivity contribution in [2.75, 3.05) is 0 Å². The maximum absolute atomic E-state index is 9.17. The summed E-state index contributed by atoms with van der Waals surface area (Å²) in [6, 6.07) is 3.76. The van der Waals surface area contributed by atoms with E-state index in [2.05, 4.69) is 0 Å². The van der Waals surface area contributed by atoms with Gasteiger partial charge in [-0.3, -0.25) is 0 Å². The van der Waals surface area contributed by atoms with Gasteiger partial charge in [0.25, 0.3) is 0 Å². The minimum absolute atomic E-state index is 0.228. The number of aliphatic hydroxyl groups is 1. The summed E-state index contributed by atoms with van der Waals surface area (Å²) >= 11 is 1.64. The first-order chi connectivity index (χ1) is 5.11. The SMILES string of the molecule is Cc1ccc([C@H](N)C(C)O)s1. The molecule has 0 spiro atoms. The monoisotopic (exact) mass is 171 g/mol. The van der Waals surface area contributed by atoms with Crippen LogP contribution in [0, 0.1) is 6.92 Å². The normalized spacial score (nSPS) is 16.4. The Kier molecular flexibility index (Phi) is 2.65. The molecule has 3 heteroatoms. The summed E-state index contributed by atoms with van der Waals surface area (Å²) in [6.45, 7) is 3.74. The molecule has 0 aromatic carbocycles. The highest BCUT2D eigenvalue weighted by molar-refractivity contribution is 7.12. The minimum atomic E-state index is -0.465. The number of hydrogen-bond acceptors (Lipinski definition) is 3. The predicted molar refractivity (Wildman–Crippen MR) is 47.7 cm³/mol. The highest BCUT2D eigenvalue weighted by Gasteiger charge is 2.12. The van der Waals surface area contributed by atoms with Crippen LogP contribution in [-0.4, -0.2) is 11.2 Å². The molecule has 3 N–H and O–H groups in total. The molecule has 2 nitrogen and oxygen atoms in total. The van der Waals surface area contributed by atoms with E-state index in [1.165, 1.54) is 4.88 Å². The number of rotatable bonds is 2. The maximum atomic E-state index is 9.17. The first-order valence-electron chi connectivity index (χ1n) is 3.61. The van der Waals surface area contributed by atoms with Gasteiger partial charge in [0.1, 0.15) is 0 Å². The van der Waals surface area contributed by atoms with E-state index in [9.17, 15) is 0 Å². The van der Waals surface area contributed by atoms with Gasteiger partial charge in [0, 0.05) is 9.75 Å². The van der Waals surface area contributed by atoms with Gasteiger partial charge in [-0.1, -0.05) is 0 Å². The molecule has 0 saturated carbocycles. The molecule has 0 saturated heterocycles. The molecule has 1 aromatic heterocycles. The molecule has 1 heterocycles. The summed E-state index contributed by atoms with van der Waals surface area (Å²) in [5, 5.41) is 9.17. The van der Waals surface area contributed by atoms with Crippen LogP contribution >= 0.6 is 11.3 Å². The van der Waals surface area contributed by atoms with Crippen LogP contribution in [0.5, 0.6) is 0 Å². The summed E-state index contributed by atoms with van der Waals surface area (Å²) in [6.07, 6.45) is -0.465. The fraction of sp³-hybridized carbons (Fsp3) is 0.500. The standard InChI is InChI=1S/C8H13NOS/c1-5-3-4-7(11-5)8(9)6(2)10/h3-4,6,8,10H,9H2,1-2H3/t6?,8-/m1/s1. The van der Waals surface area contributed by atoms with Gasteiger partial charge in [0.15, 0.2) is 0 Å². The lowest BCUT2D eigenvalue weighted by atomic mass is 10.1. The first kappa shape index (κ1) is 8.71. The highest BCUT2D eigenvalue weighted by atomic mass is 32.1. The fourth-order valence-corrected chi connectivity index (χ4v) is 1.85. The van der Waals surface area contributed by atoms with Gasteiger partial charge in [-0.25, -0.2) is 0 Å². The van der Waals surface area contributed by atoms with Gasteiger partial charge in [-0.15, -0.1) is 11.3 Å². The average Bonchev–Trinajstić information content (AvgIpc) is 2.34. The van der Waals surface area contributed by atoms with Gasteiger partial charge < -0.3 is 10.8 Å². The number of aliphatic hydroxyl groups excluding tert-OH is 1. The minimum Gasteiger partial charge on any atom is -0.391 e. The fourth-order valence-electron chi connectivity index (χ4n) is 0.870. The molecule has 0 aliphatic heterocycles. The molecule has 0 amide bonds. The summed E-state index contributed by atoms with van der Waals surface area (Å²) in [5.74, 6) is 0. The molecule has 11 heavy (non-hydrogen) atoms. The van der Waals surface area contributed by atoms with Crippen molar-refractivity contribution in [1.29, 1.82) is 0 Å². The van der Waals surface area contributed by atoms with Gasteiger partial charge in [0.2, 0.25) is 0 Å². The second kappa shape index (κ2) is 3.34. The lowest BCUT2D eigenvalue weighted by Crippen LogP contribution is -2.21. The van der Waals surface area contributed by atoms with Gasteiger partial charge in [0.05, 0.1) is 12.1 Å². The molecule has 1 rings (SSSR count). The summed E-state index contributed by atoms with van der Waals surface area (Å²) < 4.78 is 0. The molecule has 0 fully saturated rings. The lowest BCUT2D eigenvalue weighted by Gasteiger charge is -2.11. The van der Waals surface area contributed by atoms with E-state index in [1.807, 2.05) is 19.1 Å². The van der Waals surface area contributed by atoms with Crippen LogP contribution in [0.15, 0.2) is 12.1 Å². The van der Waals surface area contributed by atoms with Crippen LogP contribution < -0.4 is 5.73 Å². The average molecular weight is 171 g/mol. The van der Waals surface area contributed by atoms with E-state index < -0.39 is 6.10 Å². The van der Waals surface area contributed by atoms with E-state index in [-0.39, 0.29) is 6.04 Å². The van der Waals surface area contributed by atoms with Gasteiger partial charge >= 0.3 is 0 Å². The Labute approximate surface area is 70.7 Å². The molecule has 0 radical (unpaired) electrons. The molecule has 0 aliphatic rings. The number of hydrogen-bond donors (Lipinski definition) is 2. The van der Waals surface area contributed by atoms with Crippen LogP contribution in [-0.2, 0) is 0 Å². The highest BCUT2D eigenvalue weighted by Crippen LogP contribution is 2.22. The van der Waals surface area contributed by atoms with Crippen molar-refractivity contribution in [3.8, 4) is 0 Å². The number of thiophene rings is 1. The quantitative estimate of drug-likeness (QED) is 0.707. The Morgan fingerprint density at radius 3 is 2.55 bits per heavy atom. The Bertz CT molecular complexity index is 232. The zero-order valence-corrected chi connectivity index (χ0v) is 7.56. The van der Waals surface area contributed by atoms with Crippen LogP contribution in [0.4, 0.5) is 0 Å². The topological polar surface area (TPSA) is 46.2 Å². The number of aryl methyl sites for hydroxylation is 1. The van der Waals surface area contributed by atoms with Crippen molar-refractivity contribution >= 4 is 11.3 Å². The lowest BCUT2D eigenvalue weighted by molar-refractivity contribution is 0.165. The summed E-state index contributed by atoms with van der Waals surface area (Å²) in [4.78, 5) is 2.29. The summed E-state index contributed by atoms with van der Waals surface area (Å²) in [5.41, 5.74) is 5.71. The summed E-state index contributed by atoms with van der Waals surface area (Å²) in [7, 11) is 0. The zero-order chi connectivity index (χ0) is 8.43. The largest absolute Gasteiger partial charge is 0.391 e. The van der Waals surface area contributed by atoms with Crippen LogP contribution in [0.3, 0.4) is 0 Å². The third-order valence-corrected chi connectivity index (χ3v) is 2.71.